The molecule has 22 heavy (non-hydrogen) atoms. The van der Waals surface area contributed by atoms with Gasteiger partial charge in [0.15, 0.2) is 0 Å². The predicted molar refractivity (Wildman–Crippen MR) is 99.6 cm³/mol. The number of nitrogens with two attached hydrogens (primary N) is 1. The lowest BCUT2D eigenvalue weighted by molar-refractivity contribution is -0.122. The van der Waals surface area contributed by atoms with Gasteiger partial charge in [-0.15, -0.1) is 23.7 Å². The van der Waals surface area contributed by atoms with Gasteiger partial charge in [0.2, 0.25) is 5.91 Å². The minimum Gasteiger partial charge on any atom is -0.354 e. The van der Waals surface area contributed by atoms with Crippen LogP contribution >= 0.6 is 47.1 Å². The molecule has 0 aliphatic rings. The highest BCUT2D eigenvalue weighted by Crippen LogP contribution is 2.24. The molecule has 4 nitrogen and oxygen atoms in total. The molecule has 1 aromatic heterocycles. The molecule has 0 bridgehead atoms. The summed E-state index contributed by atoms with van der Waals surface area (Å²) in [6.45, 7) is 0.555. The standard InChI is InChI=1S/C14H18ClN3OS2.ClH/c1-20-7-5-10(16)14(19)17-6-4-13-18-11-8-9(15)2-3-12(11)21-13;/h2-3,8,10H,4-7,16H2,1H3,(H,17,19);1H/t10-;/m0./s1. The molecule has 0 aliphatic heterocycles. The highest BCUT2D eigenvalue weighted by Gasteiger charge is 2.12. The average Bonchev–Trinajstić information content (AvgIpc) is 2.86. The molecule has 122 valence electrons. The first kappa shape index (κ1) is 19.5. The number of hydrogen-bond donors (Lipinski definition) is 2. The largest absolute Gasteiger partial charge is 0.354 e. The van der Waals surface area contributed by atoms with Crippen LogP contribution in [0.4, 0.5) is 0 Å². The lowest BCUT2D eigenvalue weighted by Crippen LogP contribution is -2.41. The van der Waals surface area contributed by atoms with Gasteiger partial charge in [-0.3, -0.25) is 4.79 Å². The summed E-state index contributed by atoms with van der Waals surface area (Å²) in [5, 5.41) is 4.54. The van der Waals surface area contributed by atoms with Crippen molar-refractivity contribution in [3.8, 4) is 0 Å². The maximum atomic E-state index is 11.8. The van der Waals surface area contributed by atoms with Crippen LogP contribution in [0.15, 0.2) is 18.2 Å². The van der Waals surface area contributed by atoms with E-state index < -0.39 is 6.04 Å². The second kappa shape index (κ2) is 9.57. The van der Waals surface area contributed by atoms with E-state index in [1.807, 2.05) is 24.5 Å². The number of aromatic nitrogens is 1. The Morgan fingerprint density at radius 2 is 2.32 bits per heavy atom. The molecule has 1 aromatic carbocycles. The summed E-state index contributed by atoms with van der Waals surface area (Å²) in [5.41, 5.74) is 6.72. The van der Waals surface area contributed by atoms with E-state index in [1.165, 1.54) is 0 Å². The fourth-order valence-electron chi connectivity index (χ4n) is 1.85. The first-order valence-electron chi connectivity index (χ1n) is 6.67. The maximum absolute atomic E-state index is 11.8. The summed E-state index contributed by atoms with van der Waals surface area (Å²) in [4.78, 5) is 16.3. The van der Waals surface area contributed by atoms with E-state index in [0.29, 0.717) is 24.4 Å². The number of hydrogen-bond acceptors (Lipinski definition) is 5. The Kier molecular flexibility index (Phi) is 8.49. The Balaban J connectivity index is 0.00000242. The molecular formula is C14H19Cl2N3OS2. The molecule has 8 heteroatoms. The second-order valence-corrected chi connectivity index (χ2v) is 7.19. The van der Waals surface area contributed by atoms with Crippen molar-refractivity contribution in [1.29, 1.82) is 0 Å². The number of halogens is 2. The number of nitrogens with zero attached hydrogens (tertiary/aromatic N) is 1. The SMILES string of the molecule is CSCC[C@H](N)C(=O)NCCc1nc2cc(Cl)ccc2s1.Cl. The minimum atomic E-state index is -0.424. The van der Waals surface area contributed by atoms with Crippen LogP contribution in [0.25, 0.3) is 10.2 Å². The molecule has 1 amide bonds. The van der Waals surface area contributed by atoms with Gasteiger partial charge in [0.25, 0.3) is 0 Å². The topological polar surface area (TPSA) is 68.0 Å². The van der Waals surface area contributed by atoms with Crippen LogP contribution in [0.2, 0.25) is 5.02 Å². The third-order valence-electron chi connectivity index (χ3n) is 3.00. The lowest BCUT2D eigenvalue weighted by Gasteiger charge is -2.10. The van der Waals surface area contributed by atoms with Crippen LogP contribution in [-0.2, 0) is 11.2 Å². The van der Waals surface area contributed by atoms with Crippen LogP contribution < -0.4 is 11.1 Å². The zero-order valence-electron chi connectivity index (χ0n) is 12.2. The van der Waals surface area contributed by atoms with Crippen molar-refractivity contribution >= 4 is 63.2 Å². The Labute approximate surface area is 149 Å². The molecular weight excluding hydrogens is 361 g/mol. The Hall–Kier alpha value is -0.530. The Bertz CT molecular complexity index is 621. The van der Waals surface area contributed by atoms with Gasteiger partial charge in [0, 0.05) is 18.0 Å². The smallest absolute Gasteiger partial charge is 0.236 e. The van der Waals surface area contributed by atoms with Crippen molar-refractivity contribution in [2.75, 3.05) is 18.6 Å². The number of thiazole rings is 1. The van der Waals surface area contributed by atoms with Crippen molar-refractivity contribution in [2.24, 2.45) is 5.73 Å². The zero-order chi connectivity index (χ0) is 15.2. The van der Waals surface area contributed by atoms with Crippen molar-refractivity contribution in [3.05, 3.63) is 28.2 Å². The highest BCUT2D eigenvalue weighted by molar-refractivity contribution is 7.98. The van der Waals surface area contributed by atoms with Gasteiger partial charge in [-0.2, -0.15) is 11.8 Å². The molecule has 0 unspecified atom stereocenters. The molecule has 0 saturated carbocycles. The van der Waals surface area contributed by atoms with Gasteiger partial charge in [-0.25, -0.2) is 4.98 Å². The number of thioether (sulfide) groups is 1. The van der Waals surface area contributed by atoms with E-state index >= 15 is 0 Å². The molecule has 0 aliphatic carbocycles. The molecule has 0 saturated heterocycles. The van der Waals surface area contributed by atoms with Gasteiger partial charge in [0.1, 0.15) is 0 Å². The van der Waals surface area contributed by atoms with Crippen LogP contribution in [0, 0.1) is 0 Å². The summed E-state index contributed by atoms with van der Waals surface area (Å²) >= 11 is 9.26. The van der Waals surface area contributed by atoms with Crippen LogP contribution in [0.5, 0.6) is 0 Å². The highest BCUT2D eigenvalue weighted by atomic mass is 35.5. The molecule has 2 aromatic rings. The van der Waals surface area contributed by atoms with Crippen LogP contribution in [-0.4, -0.2) is 35.5 Å². The molecule has 0 radical (unpaired) electrons. The number of nitrogens with one attached hydrogen (secondary N) is 1. The Morgan fingerprint density at radius 3 is 3.05 bits per heavy atom. The number of carbonyl (C=O) groups is 1. The average molecular weight is 380 g/mol. The van der Waals surface area contributed by atoms with E-state index in [9.17, 15) is 4.79 Å². The van der Waals surface area contributed by atoms with Crippen molar-refractivity contribution in [1.82, 2.24) is 10.3 Å². The number of amides is 1. The minimum absolute atomic E-state index is 0. The first-order chi connectivity index (χ1) is 10.1. The summed E-state index contributed by atoms with van der Waals surface area (Å²) < 4.78 is 1.11. The number of benzene rings is 1. The van der Waals surface area contributed by atoms with Crippen molar-refractivity contribution in [3.63, 3.8) is 0 Å². The molecule has 1 heterocycles. The van der Waals surface area contributed by atoms with Gasteiger partial charge in [-0.05, 0) is 36.6 Å². The summed E-state index contributed by atoms with van der Waals surface area (Å²) in [7, 11) is 0. The summed E-state index contributed by atoms with van der Waals surface area (Å²) in [6.07, 6.45) is 3.41. The summed E-state index contributed by atoms with van der Waals surface area (Å²) in [6, 6.07) is 5.26. The van der Waals surface area contributed by atoms with Crippen molar-refractivity contribution < 1.29 is 4.79 Å². The fourth-order valence-corrected chi connectivity index (χ4v) is 3.46. The number of carbonyl (C=O) groups excluding carboxylic acids is 1. The van der Waals surface area contributed by atoms with Crippen LogP contribution in [0.1, 0.15) is 11.4 Å². The molecule has 2 rings (SSSR count). The fraction of sp³-hybridized carbons (Fsp3) is 0.429. The maximum Gasteiger partial charge on any atom is 0.236 e. The van der Waals surface area contributed by atoms with E-state index in [0.717, 1.165) is 21.0 Å². The summed E-state index contributed by atoms with van der Waals surface area (Å²) in [5.74, 6) is 0.806. The van der Waals surface area contributed by atoms with E-state index in [2.05, 4.69) is 10.3 Å². The third kappa shape index (κ3) is 5.59. The van der Waals surface area contributed by atoms with Gasteiger partial charge in [-0.1, -0.05) is 11.6 Å². The molecule has 0 fully saturated rings. The van der Waals surface area contributed by atoms with Gasteiger partial charge in [0.05, 0.1) is 21.3 Å². The van der Waals surface area contributed by atoms with Gasteiger partial charge < -0.3 is 11.1 Å². The van der Waals surface area contributed by atoms with Crippen molar-refractivity contribution in [2.45, 2.75) is 18.9 Å². The zero-order valence-corrected chi connectivity index (χ0v) is 15.4. The van der Waals surface area contributed by atoms with E-state index in [-0.39, 0.29) is 18.3 Å². The third-order valence-corrected chi connectivity index (χ3v) is 4.98. The monoisotopic (exact) mass is 379 g/mol. The first-order valence-corrected chi connectivity index (χ1v) is 9.26. The quantitative estimate of drug-likeness (QED) is 0.775. The molecule has 0 spiro atoms. The lowest BCUT2D eigenvalue weighted by atomic mass is 10.2. The normalized spacial score (nSPS) is 12.0. The molecule has 3 N–H and O–H groups in total. The van der Waals surface area contributed by atoms with Gasteiger partial charge >= 0.3 is 0 Å². The predicted octanol–water partition coefficient (Wildman–Crippen LogP) is 3.11. The van der Waals surface area contributed by atoms with E-state index in [1.54, 1.807) is 23.1 Å². The second-order valence-electron chi connectivity index (χ2n) is 4.65. The Morgan fingerprint density at radius 1 is 1.55 bits per heavy atom. The van der Waals surface area contributed by atoms with E-state index in [4.69, 9.17) is 17.3 Å². The number of fused-ring (bicyclic) bond motifs is 1. The molecule has 1 atom stereocenters. The number of rotatable bonds is 7. The van der Waals surface area contributed by atoms with Crippen LogP contribution in [0.3, 0.4) is 0 Å².